The summed E-state index contributed by atoms with van der Waals surface area (Å²) in [6.45, 7) is 0.694. The average molecular weight is 376 g/mol. The van der Waals surface area contributed by atoms with Crippen molar-refractivity contribution in [1.29, 1.82) is 0 Å². The molecule has 0 aliphatic rings. The first kappa shape index (κ1) is 17.3. The number of carbonyl (C=O) groups excluding carboxylic acids is 1. The number of carbonyl (C=O) groups is 1. The fourth-order valence-corrected chi connectivity index (χ4v) is 4.63. The van der Waals surface area contributed by atoms with Crippen LogP contribution in [0.3, 0.4) is 0 Å². The van der Waals surface area contributed by atoms with Gasteiger partial charge >= 0.3 is 0 Å². The fraction of sp³-hybridized carbons (Fsp3) is 0.235. The summed E-state index contributed by atoms with van der Waals surface area (Å²) in [5.41, 5.74) is 0.903. The summed E-state index contributed by atoms with van der Waals surface area (Å²) in [5, 5.41) is 6.89. The summed E-state index contributed by atoms with van der Waals surface area (Å²) in [4.78, 5) is 21.9. The van der Waals surface area contributed by atoms with Crippen LogP contribution in [0.4, 0.5) is 0 Å². The molecule has 0 spiro atoms. The molecule has 24 heavy (non-hydrogen) atoms. The minimum atomic E-state index is 0.0411. The first-order valence-electron chi connectivity index (χ1n) is 7.52. The Labute approximate surface area is 153 Å². The second-order valence-electron chi connectivity index (χ2n) is 4.97. The lowest BCUT2D eigenvalue weighted by Crippen LogP contribution is -2.27. The van der Waals surface area contributed by atoms with Gasteiger partial charge in [0.1, 0.15) is 11.4 Å². The van der Waals surface area contributed by atoms with Crippen LogP contribution in [-0.2, 0) is 10.5 Å². The van der Waals surface area contributed by atoms with E-state index >= 15 is 0 Å². The first-order valence-corrected chi connectivity index (χ1v) is 10.5. The Morgan fingerprint density at radius 1 is 1.17 bits per heavy atom. The predicted molar refractivity (Wildman–Crippen MR) is 104 cm³/mol. The van der Waals surface area contributed by atoms with Crippen molar-refractivity contribution in [3.63, 3.8) is 0 Å². The molecule has 124 valence electrons. The lowest BCUT2D eigenvalue weighted by atomic mass is 10.2. The molecule has 1 amide bonds. The van der Waals surface area contributed by atoms with Crippen molar-refractivity contribution >= 4 is 51.7 Å². The van der Waals surface area contributed by atoms with Gasteiger partial charge in [0, 0.05) is 28.3 Å². The van der Waals surface area contributed by atoms with Gasteiger partial charge in [0.05, 0.1) is 11.3 Å². The smallest absolute Gasteiger partial charge is 0.230 e. The van der Waals surface area contributed by atoms with Gasteiger partial charge < -0.3 is 5.32 Å². The van der Waals surface area contributed by atoms with E-state index in [4.69, 9.17) is 0 Å². The van der Waals surface area contributed by atoms with E-state index in [0.717, 1.165) is 27.4 Å². The highest BCUT2D eigenvalue weighted by atomic mass is 32.2. The van der Waals surface area contributed by atoms with Gasteiger partial charge in [-0.15, -0.1) is 11.3 Å². The average Bonchev–Trinajstić information content (AvgIpc) is 3.13. The Balaban J connectivity index is 1.39. The predicted octanol–water partition coefficient (Wildman–Crippen LogP) is 3.83. The molecule has 0 aliphatic heterocycles. The van der Waals surface area contributed by atoms with Gasteiger partial charge in [0.15, 0.2) is 0 Å². The number of thiophene rings is 1. The molecule has 0 bridgehead atoms. The summed E-state index contributed by atoms with van der Waals surface area (Å²) >= 11 is 5.06. The summed E-state index contributed by atoms with van der Waals surface area (Å²) in [7, 11) is 0. The van der Waals surface area contributed by atoms with E-state index in [1.54, 1.807) is 17.7 Å². The molecule has 0 radical (unpaired) electrons. The Kier molecular flexibility index (Phi) is 6.51. The molecule has 2 aromatic heterocycles. The van der Waals surface area contributed by atoms with Gasteiger partial charge in [-0.2, -0.15) is 11.8 Å². The first-order chi connectivity index (χ1) is 11.8. The molecule has 1 aromatic carbocycles. The second-order valence-corrected chi connectivity index (χ2v) is 8.07. The van der Waals surface area contributed by atoms with Crippen molar-refractivity contribution in [3.8, 4) is 0 Å². The fourth-order valence-electron chi connectivity index (χ4n) is 2.11. The minimum Gasteiger partial charge on any atom is -0.355 e. The Hall–Kier alpha value is -1.57. The van der Waals surface area contributed by atoms with E-state index in [2.05, 4.69) is 32.8 Å². The molecule has 0 saturated heterocycles. The topological polar surface area (TPSA) is 54.9 Å². The molecule has 1 N–H and O–H groups in total. The molecule has 3 rings (SSSR count). The van der Waals surface area contributed by atoms with Gasteiger partial charge in [0.2, 0.25) is 5.91 Å². The van der Waals surface area contributed by atoms with Crippen LogP contribution in [0.1, 0.15) is 4.88 Å². The van der Waals surface area contributed by atoms with Crippen LogP contribution in [0.25, 0.3) is 10.9 Å². The van der Waals surface area contributed by atoms with Crippen LogP contribution in [0, 0.1) is 0 Å². The number of thioether (sulfide) groups is 2. The molecule has 0 unspecified atom stereocenters. The molecule has 0 saturated carbocycles. The number of aromatic nitrogens is 2. The number of nitrogens with one attached hydrogen (secondary N) is 1. The third-order valence-corrected chi connectivity index (χ3v) is 6.31. The maximum absolute atomic E-state index is 12.0. The van der Waals surface area contributed by atoms with Crippen molar-refractivity contribution in [2.75, 3.05) is 18.1 Å². The summed E-state index contributed by atoms with van der Waals surface area (Å²) in [5.74, 6) is 2.34. The third kappa shape index (κ3) is 4.96. The SMILES string of the molecule is O=C(CSc1ncnc2ccccc12)NCCSCc1cccs1. The standard InChI is InChI=1S/C17H17N3OS3/c21-16(18-7-9-22-10-13-4-3-8-23-13)11-24-17-14-5-1-2-6-15(14)19-12-20-17/h1-6,8,12H,7,9-11H2,(H,18,21). The summed E-state index contributed by atoms with van der Waals surface area (Å²) < 4.78 is 0. The maximum Gasteiger partial charge on any atom is 0.230 e. The van der Waals surface area contributed by atoms with E-state index < -0.39 is 0 Å². The molecule has 3 aromatic rings. The van der Waals surface area contributed by atoms with Crippen molar-refractivity contribution in [2.45, 2.75) is 10.8 Å². The molecular formula is C17H17N3OS3. The number of amides is 1. The molecule has 2 heterocycles. The molecule has 0 atom stereocenters. The zero-order valence-electron chi connectivity index (χ0n) is 13.0. The normalized spacial score (nSPS) is 10.8. The lowest BCUT2D eigenvalue weighted by Gasteiger charge is -2.06. The largest absolute Gasteiger partial charge is 0.355 e. The molecule has 0 fully saturated rings. The number of hydrogen-bond donors (Lipinski definition) is 1. The van der Waals surface area contributed by atoms with Crippen LogP contribution in [0.5, 0.6) is 0 Å². The van der Waals surface area contributed by atoms with Crippen LogP contribution in [-0.4, -0.2) is 33.9 Å². The lowest BCUT2D eigenvalue weighted by molar-refractivity contribution is -0.118. The van der Waals surface area contributed by atoms with Crippen molar-refractivity contribution < 1.29 is 4.79 Å². The van der Waals surface area contributed by atoms with E-state index in [0.29, 0.717) is 12.3 Å². The summed E-state index contributed by atoms with van der Waals surface area (Å²) in [6, 6.07) is 12.0. The van der Waals surface area contributed by atoms with E-state index in [9.17, 15) is 4.79 Å². The van der Waals surface area contributed by atoms with Crippen molar-refractivity contribution in [3.05, 3.63) is 53.0 Å². The van der Waals surface area contributed by atoms with Gasteiger partial charge in [-0.25, -0.2) is 9.97 Å². The number of para-hydroxylation sites is 1. The van der Waals surface area contributed by atoms with Crippen molar-refractivity contribution in [2.24, 2.45) is 0 Å². The van der Waals surface area contributed by atoms with E-state index in [-0.39, 0.29) is 5.91 Å². The van der Waals surface area contributed by atoms with E-state index in [1.165, 1.54) is 16.6 Å². The number of fused-ring (bicyclic) bond motifs is 1. The van der Waals surface area contributed by atoms with E-state index in [1.807, 2.05) is 36.0 Å². The van der Waals surface area contributed by atoms with Gasteiger partial charge in [-0.3, -0.25) is 4.79 Å². The highest BCUT2D eigenvalue weighted by Gasteiger charge is 2.07. The summed E-state index contributed by atoms with van der Waals surface area (Å²) in [6.07, 6.45) is 1.55. The van der Waals surface area contributed by atoms with Gasteiger partial charge in [0.25, 0.3) is 0 Å². The molecule has 7 heteroatoms. The molecule has 0 aliphatic carbocycles. The maximum atomic E-state index is 12.0. The molecule has 4 nitrogen and oxygen atoms in total. The Bertz CT molecular complexity index is 787. The number of rotatable bonds is 8. The zero-order chi connectivity index (χ0) is 16.6. The Morgan fingerprint density at radius 2 is 2.08 bits per heavy atom. The number of benzene rings is 1. The van der Waals surface area contributed by atoms with Gasteiger partial charge in [-0.05, 0) is 17.5 Å². The quantitative estimate of drug-likeness (QED) is 0.368. The van der Waals surface area contributed by atoms with Crippen LogP contribution in [0.2, 0.25) is 0 Å². The third-order valence-electron chi connectivity index (χ3n) is 3.24. The van der Waals surface area contributed by atoms with Crippen molar-refractivity contribution in [1.82, 2.24) is 15.3 Å². The van der Waals surface area contributed by atoms with Crippen LogP contribution >= 0.6 is 34.9 Å². The van der Waals surface area contributed by atoms with Crippen LogP contribution in [0.15, 0.2) is 53.1 Å². The van der Waals surface area contributed by atoms with Crippen LogP contribution < -0.4 is 5.32 Å². The Morgan fingerprint density at radius 3 is 2.96 bits per heavy atom. The van der Waals surface area contributed by atoms with Gasteiger partial charge in [-0.1, -0.05) is 36.0 Å². The molecular weight excluding hydrogens is 358 g/mol. The number of nitrogens with zero attached hydrogens (tertiary/aromatic N) is 2. The highest BCUT2D eigenvalue weighted by molar-refractivity contribution is 8.00. The second kappa shape index (κ2) is 9.05. The zero-order valence-corrected chi connectivity index (χ0v) is 15.4. The number of hydrogen-bond acceptors (Lipinski definition) is 6. The monoisotopic (exact) mass is 375 g/mol. The minimum absolute atomic E-state index is 0.0411. The highest BCUT2D eigenvalue weighted by Crippen LogP contribution is 2.23.